The van der Waals surface area contributed by atoms with Crippen molar-refractivity contribution >= 4 is 39.1 Å². The lowest BCUT2D eigenvalue weighted by Gasteiger charge is -2.47. The molecule has 1 saturated heterocycles. The fourth-order valence-electron chi connectivity index (χ4n) is 2.77. The molecule has 0 aliphatic carbocycles. The highest BCUT2D eigenvalue weighted by Gasteiger charge is 2.46. The van der Waals surface area contributed by atoms with Gasteiger partial charge in [-0.2, -0.15) is 0 Å². The van der Waals surface area contributed by atoms with E-state index in [9.17, 15) is 8.42 Å². The molecule has 0 radical (unpaired) electrons. The van der Waals surface area contributed by atoms with E-state index in [1.807, 2.05) is 30.3 Å². The van der Waals surface area contributed by atoms with E-state index in [4.69, 9.17) is 9.31 Å². The molecule has 0 spiro atoms. The Morgan fingerprint density at radius 2 is 1.68 bits per heavy atom. The lowest BCUT2D eigenvalue weighted by Crippen LogP contribution is -2.58. The Hall–Kier alpha value is -1.57. The van der Waals surface area contributed by atoms with Crippen LogP contribution >= 0.6 is 0 Å². The third kappa shape index (κ3) is 3.83. The summed E-state index contributed by atoms with van der Waals surface area (Å²) in [6.45, 7) is 9.08. The van der Waals surface area contributed by atoms with Crippen molar-refractivity contribution in [2.24, 2.45) is 5.41 Å². The van der Waals surface area contributed by atoms with Crippen LogP contribution in [0.2, 0.25) is 0 Å². The maximum atomic E-state index is 11.4. The van der Waals surface area contributed by atoms with Gasteiger partial charge in [0.15, 0.2) is 0 Å². The van der Waals surface area contributed by atoms with Crippen LogP contribution in [0.15, 0.2) is 36.4 Å². The highest BCUT2D eigenvalue weighted by atomic mass is 32.2. The molecule has 1 fully saturated rings. The van der Waals surface area contributed by atoms with Gasteiger partial charge < -0.3 is 9.31 Å². The number of benzene rings is 2. The third-order valence-corrected chi connectivity index (χ3v) is 5.67. The van der Waals surface area contributed by atoms with Gasteiger partial charge in [-0.05, 0) is 42.2 Å². The summed E-state index contributed by atoms with van der Waals surface area (Å²) in [5, 5.41) is 1.96. The van der Waals surface area contributed by atoms with Crippen molar-refractivity contribution < 1.29 is 17.7 Å². The minimum absolute atomic E-state index is 0.0629. The van der Waals surface area contributed by atoms with E-state index in [0.717, 1.165) is 22.5 Å². The van der Waals surface area contributed by atoms with Gasteiger partial charge in [0.1, 0.15) is 0 Å². The zero-order chi connectivity index (χ0) is 18.5. The quantitative estimate of drug-likeness (QED) is 0.854. The summed E-state index contributed by atoms with van der Waals surface area (Å²) in [5.74, 6) is 0. The zero-order valence-electron chi connectivity index (χ0n) is 15.3. The van der Waals surface area contributed by atoms with Crippen molar-refractivity contribution in [1.82, 2.24) is 0 Å². The molecule has 2 aromatic carbocycles. The molecule has 7 heteroatoms. The first-order valence-corrected chi connectivity index (χ1v) is 10.2. The summed E-state index contributed by atoms with van der Waals surface area (Å²) in [6, 6.07) is 11.4. The fraction of sp³-hybridized carbons (Fsp3) is 0.444. The number of fused-ring (bicyclic) bond motifs is 1. The molecule has 0 unspecified atom stereocenters. The van der Waals surface area contributed by atoms with Gasteiger partial charge in [0.05, 0.1) is 11.9 Å². The van der Waals surface area contributed by atoms with Crippen LogP contribution in [0.1, 0.15) is 27.7 Å². The van der Waals surface area contributed by atoms with Crippen molar-refractivity contribution in [2.75, 3.05) is 17.6 Å². The molecule has 1 aliphatic rings. The number of nitrogens with one attached hydrogen (secondary N) is 1. The van der Waals surface area contributed by atoms with Crippen molar-refractivity contribution in [1.29, 1.82) is 0 Å². The predicted molar refractivity (Wildman–Crippen MR) is 103 cm³/mol. The van der Waals surface area contributed by atoms with Crippen molar-refractivity contribution in [3.63, 3.8) is 0 Å². The maximum Gasteiger partial charge on any atom is 0.494 e. The first-order chi connectivity index (χ1) is 11.5. The van der Waals surface area contributed by atoms with E-state index < -0.39 is 17.1 Å². The summed E-state index contributed by atoms with van der Waals surface area (Å²) in [5.41, 5.74) is 1.15. The zero-order valence-corrected chi connectivity index (χ0v) is 16.1. The van der Waals surface area contributed by atoms with Gasteiger partial charge in [-0.25, -0.2) is 8.42 Å². The minimum atomic E-state index is -3.29. The van der Waals surface area contributed by atoms with Crippen molar-refractivity contribution in [3.8, 4) is 0 Å². The molecule has 1 N–H and O–H groups in total. The molecule has 2 aromatic rings. The highest BCUT2D eigenvalue weighted by molar-refractivity contribution is 7.92. The molecule has 1 aliphatic heterocycles. The molecule has 1 heterocycles. The Bertz CT molecular complexity index is 908. The average Bonchev–Trinajstić information content (AvgIpc) is 2.48. The lowest BCUT2D eigenvalue weighted by molar-refractivity contribution is -0.0937. The van der Waals surface area contributed by atoms with Crippen LogP contribution in [0.25, 0.3) is 10.8 Å². The number of rotatable bonds is 3. The first kappa shape index (κ1) is 18.2. The monoisotopic (exact) mass is 361 g/mol. The van der Waals surface area contributed by atoms with Gasteiger partial charge in [0.2, 0.25) is 10.0 Å². The van der Waals surface area contributed by atoms with Crippen LogP contribution < -0.4 is 10.2 Å². The van der Waals surface area contributed by atoms with Gasteiger partial charge >= 0.3 is 7.12 Å². The molecule has 25 heavy (non-hydrogen) atoms. The summed E-state index contributed by atoms with van der Waals surface area (Å²) in [7, 11) is -3.69. The molecule has 0 aromatic heterocycles. The van der Waals surface area contributed by atoms with E-state index in [-0.39, 0.29) is 11.0 Å². The predicted octanol–water partition coefficient (Wildman–Crippen LogP) is 2.76. The second kappa shape index (κ2) is 6.00. The summed E-state index contributed by atoms with van der Waals surface area (Å²) < 4.78 is 37.4. The normalized spacial score (nSPS) is 19.8. The molecular formula is C18H24BNO4S. The Morgan fingerprint density at radius 1 is 1.04 bits per heavy atom. The Kier molecular flexibility index (Phi) is 4.38. The Labute approximate surface area is 149 Å². The SMILES string of the molecule is CC1(C)COB(c2ccc3cc(NS(C)(=O)=O)ccc3c2)OC1(C)C. The Morgan fingerprint density at radius 3 is 2.32 bits per heavy atom. The van der Waals surface area contributed by atoms with Crippen LogP contribution in [0.4, 0.5) is 5.69 Å². The van der Waals surface area contributed by atoms with E-state index in [1.165, 1.54) is 0 Å². The molecule has 0 bridgehead atoms. The van der Waals surface area contributed by atoms with Crippen molar-refractivity contribution in [3.05, 3.63) is 36.4 Å². The van der Waals surface area contributed by atoms with Gasteiger partial charge in [0.25, 0.3) is 0 Å². The first-order valence-electron chi connectivity index (χ1n) is 8.28. The fourth-order valence-corrected chi connectivity index (χ4v) is 3.33. The number of hydrogen-bond donors (Lipinski definition) is 1. The van der Waals surface area contributed by atoms with E-state index in [2.05, 4.69) is 32.4 Å². The molecular weight excluding hydrogens is 337 g/mol. The van der Waals surface area contributed by atoms with Crippen molar-refractivity contribution in [2.45, 2.75) is 33.3 Å². The summed E-state index contributed by atoms with van der Waals surface area (Å²) >= 11 is 0. The number of sulfonamides is 1. The Balaban J connectivity index is 1.88. The molecule has 0 saturated carbocycles. The van der Waals surface area contributed by atoms with E-state index in [0.29, 0.717) is 12.3 Å². The highest BCUT2D eigenvalue weighted by Crippen LogP contribution is 2.38. The second-order valence-electron chi connectivity index (χ2n) is 7.85. The van der Waals surface area contributed by atoms with Gasteiger partial charge in [-0.15, -0.1) is 0 Å². The second-order valence-corrected chi connectivity index (χ2v) is 9.60. The molecule has 134 valence electrons. The standard InChI is InChI=1S/C18H24BNO4S/c1-17(2)12-23-19(24-18(17,3)4)15-8-6-14-11-16(20-25(5,21)22)9-7-13(14)10-15/h6-11,20H,12H2,1-5H3. The molecule has 0 amide bonds. The average molecular weight is 361 g/mol. The number of hydrogen-bond acceptors (Lipinski definition) is 4. The lowest BCUT2D eigenvalue weighted by atomic mass is 9.69. The van der Waals surface area contributed by atoms with Crippen LogP contribution in [0.5, 0.6) is 0 Å². The van der Waals surface area contributed by atoms with Gasteiger partial charge in [-0.3, -0.25) is 4.72 Å². The molecule has 5 nitrogen and oxygen atoms in total. The summed E-state index contributed by atoms with van der Waals surface area (Å²) in [4.78, 5) is 0. The topological polar surface area (TPSA) is 64.6 Å². The molecule has 0 atom stereocenters. The van der Waals surface area contributed by atoms with E-state index in [1.54, 1.807) is 6.07 Å². The molecule has 3 rings (SSSR count). The van der Waals surface area contributed by atoms with E-state index >= 15 is 0 Å². The third-order valence-electron chi connectivity index (χ3n) is 5.07. The largest absolute Gasteiger partial charge is 0.494 e. The summed E-state index contributed by atoms with van der Waals surface area (Å²) in [6.07, 6.45) is 1.14. The van der Waals surface area contributed by atoms with Crippen LogP contribution in [0.3, 0.4) is 0 Å². The minimum Gasteiger partial charge on any atom is -0.407 e. The van der Waals surface area contributed by atoms with Gasteiger partial charge in [-0.1, -0.05) is 38.1 Å². The van der Waals surface area contributed by atoms with Crippen LogP contribution in [0, 0.1) is 5.41 Å². The maximum absolute atomic E-state index is 11.4. The van der Waals surface area contributed by atoms with Crippen LogP contribution in [-0.2, 0) is 19.3 Å². The smallest absolute Gasteiger partial charge is 0.407 e. The van der Waals surface area contributed by atoms with Gasteiger partial charge in [0, 0.05) is 17.7 Å². The van der Waals surface area contributed by atoms with Crippen LogP contribution in [-0.4, -0.2) is 34.0 Å². The number of anilines is 1.